The van der Waals surface area contributed by atoms with Gasteiger partial charge >= 0.3 is 0 Å². The zero-order chi connectivity index (χ0) is 12.1. The summed E-state index contributed by atoms with van der Waals surface area (Å²) < 4.78 is 5.57. The lowest BCUT2D eigenvalue weighted by atomic mass is 10.1. The molecule has 4 heteroatoms. The lowest BCUT2D eigenvalue weighted by molar-refractivity contribution is 0.261. The summed E-state index contributed by atoms with van der Waals surface area (Å²) in [6, 6.07) is 5.67. The molecule has 0 radical (unpaired) electrons. The van der Waals surface area contributed by atoms with E-state index in [1.807, 2.05) is 39.2 Å². The Morgan fingerprint density at radius 2 is 2.12 bits per heavy atom. The molecule has 0 heterocycles. The average molecular weight is 243 g/mol. The molecule has 1 atom stereocenters. The van der Waals surface area contributed by atoms with Crippen molar-refractivity contribution in [3.8, 4) is 5.75 Å². The molecule has 16 heavy (non-hydrogen) atoms. The van der Waals surface area contributed by atoms with Gasteiger partial charge in [-0.2, -0.15) is 0 Å². The molecule has 0 bridgehead atoms. The van der Waals surface area contributed by atoms with Gasteiger partial charge in [0, 0.05) is 12.6 Å². The summed E-state index contributed by atoms with van der Waals surface area (Å²) in [6.45, 7) is 3.42. The highest BCUT2D eigenvalue weighted by atomic mass is 35.5. The van der Waals surface area contributed by atoms with E-state index in [1.165, 1.54) is 0 Å². The fourth-order valence-corrected chi connectivity index (χ4v) is 1.50. The van der Waals surface area contributed by atoms with Crippen LogP contribution in [0.3, 0.4) is 0 Å². The van der Waals surface area contributed by atoms with Crippen LogP contribution in [0.1, 0.15) is 18.5 Å². The average Bonchev–Trinajstić information content (AvgIpc) is 2.19. The third kappa shape index (κ3) is 4.00. The number of hydrogen-bond acceptors (Lipinski definition) is 3. The van der Waals surface area contributed by atoms with Crippen LogP contribution in [-0.4, -0.2) is 32.1 Å². The molecule has 0 aromatic heterocycles. The highest BCUT2D eigenvalue weighted by Crippen LogP contribution is 2.27. The first-order valence-corrected chi connectivity index (χ1v) is 5.71. The van der Waals surface area contributed by atoms with Crippen molar-refractivity contribution in [3.05, 3.63) is 28.8 Å². The van der Waals surface area contributed by atoms with E-state index in [1.54, 1.807) is 0 Å². The van der Waals surface area contributed by atoms with Gasteiger partial charge in [-0.25, -0.2) is 0 Å². The minimum absolute atomic E-state index is 0.00618. The molecule has 1 aromatic rings. The van der Waals surface area contributed by atoms with Crippen molar-refractivity contribution in [1.29, 1.82) is 0 Å². The van der Waals surface area contributed by atoms with Crippen molar-refractivity contribution in [3.63, 3.8) is 0 Å². The second kappa shape index (κ2) is 6.09. The predicted molar refractivity (Wildman–Crippen MR) is 68.1 cm³/mol. The number of ether oxygens (including phenoxy) is 1. The number of benzene rings is 1. The molecule has 2 N–H and O–H groups in total. The molecule has 0 saturated carbocycles. The smallest absolute Gasteiger partial charge is 0.137 e. The van der Waals surface area contributed by atoms with E-state index in [9.17, 15) is 0 Å². The summed E-state index contributed by atoms with van der Waals surface area (Å²) in [7, 11) is 4.01. The predicted octanol–water partition coefficient (Wildman–Crippen LogP) is 2.30. The minimum atomic E-state index is -0.00618. The molecule has 0 spiro atoms. The van der Waals surface area contributed by atoms with Gasteiger partial charge in [-0.1, -0.05) is 17.7 Å². The largest absolute Gasteiger partial charge is 0.491 e. The molecule has 0 aliphatic heterocycles. The maximum atomic E-state index is 6.09. The fourth-order valence-electron chi connectivity index (χ4n) is 1.26. The van der Waals surface area contributed by atoms with Crippen LogP contribution < -0.4 is 10.5 Å². The van der Waals surface area contributed by atoms with Crippen molar-refractivity contribution in [1.82, 2.24) is 4.90 Å². The van der Waals surface area contributed by atoms with E-state index in [0.717, 1.165) is 12.1 Å². The van der Waals surface area contributed by atoms with Gasteiger partial charge in [-0.15, -0.1) is 0 Å². The number of likely N-dealkylation sites (N-methyl/N-ethyl adjacent to an activating group) is 1. The third-order valence-electron chi connectivity index (χ3n) is 2.28. The van der Waals surface area contributed by atoms with Crippen LogP contribution in [0.5, 0.6) is 5.75 Å². The maximum absolute atomic E-state index is 6.09. The Morgan fingerprint density at radius 1 is 1.44 bits per heavy atom. The van der Waals surface area contributed by atoms with Gasteiger partial charge in [0.2, 0.25) is 0 Å². The Balaban J connectivity index is 2.61. The molecular weight excluding hydrogens is 224 g/mol. The summed E-state index contributed by atoms with van der Waals surface area (Å²) >= 11 is 6.09. The van der Waals surface area contributed by atoms with Crippen LogP contribution in [0.25, 0.3) is 0 Å². The topological polar surface area (TPSA) is 38.5 Å². The van der Waals surface area contributed by atoms with Crippen molar-refractivity contribution < 1.29 is 4.74 Å². The molecule has 0 amide bonds. The second-order valence-electron chi connectivity index (χ2n) is 4.13. The Hall–Kier alpha value is -0.770. The SMILES string of the molecule is C[C@@H](N)c1ccc(OCCN(C)C)c(Cl)c1. The van der Waals surface area contributed by atoms with Crippen molar-refractivity contribution in [2.24, 2.45) is 5.73 Å². The molecule has 0 aliphatic rings. The summed E-state index contributed by atoms with van der Waals surface area (Å²) in [4.78, 5) is 2.06. The van der Waals surface area contributed by atoms with Gasteiger partial charge in [-0.05, 0) is 38.7 Å². The zero-order valence-electron chi connectivity index (χ0n) is 10.0. The van der Waals surface area contributed by atoms with Gasteiger partial charge in [-0.3, -0.25) is 0 Å². The maximum Gasteiger partial charge on any atom is 0.137 e. The van der Waals surface area contributed by atoms with E-state index < -0.39 is 0 Å². The van der Waals surface area contributed by atoms with Crippen LogP contribution in [0.15, 0.2) is 18.2 Å². The highest BCUT2D eigenvalue weighted by molar-refractivity contribution is 6.32. The Kier molecular flexibility index (Phi) is 5.06. The van der Waals surface area contributed by atoms with Gasteiger partial charge < -0.3 is 15.4 Å². The Morgan fingerprint density at radius 3 is 2.62 bits per heavy atom. The van der Waals surface area contributed by atoms with Crippen LogP contribution in [0, 0.1) is 0 Å². The number of hydrogen-bond donors (Lipinski definition) is 1. The standard InChI is InChI=1S/C12H19ClN2O/c1-9(14)10-4-5-12(11(13)8-10)16-7-6-15(2)3/h4-5,8-9H,6-7,14H2,1-3H3/t9-/m1/s1. The van der Waals surface area contributed by atoms with E-state index in [2.05, 4.69) is 4.90 Å². The van der Waals surface area contributed by atoms with E-state index in [4.69, 9.17) is 22.1 Å². The quantitative estimate of drug-likeness (QED) is 0.861. The van der Waals surface area contributed by atoms with Crippen molar-refractivity contribution in [2.45, 2.75) is 13.0 Å². The minimum Gasteiger partial charge on any atom is -0.491 e. The number of halogens is 1. The van der Waals surface area contributed by atoms with Crippen molar-refractivity contribution in [2.75, 3.05) is 27.2 Å². The normalized spacial score (nSPS) is 12.9. The second-order valence-corrected chi connectivity index (χ2v) is 4.54. The van der Waals surface area contributed by atoms with Crippen LogP contribution in [-0.2, 0) is 0 Å². The Bertz CT molecular complexity index is 340. The fraction of sp³-hybridized carbons (Fsp3) is 0.500. The highest BCUT2D eigenvalue weighted by Gasteiger charge is 2.05. The number of nitrogens with zero attached hydrogens (tertiary/aromatic N) is 1. The molecular formula is C12H19ClN2O. The first-order chi connectivity index (χ1) is 7.50. The number of rotatable bonds is 5. The number of nitrogens with two attached hydrogens (primary N) is 1. The van der Waals surface area contributed by atoms with Crippen LogP contribution >= 0.6 is 11.6 Å². The molecule has 0 saturated heterocycles. The summed E-state index contributed by atoms with van der Waals surface area (Å²) in [6.07, 6.45) is 0. The lowest BCUT2D eigenvalue weighted by Gasteiger charge is -2.13. The zero-order valence-corrected chi connectivity index (χ0v) is 10.8. The summed E-state index contributed by atoms with van der Waals surface area (Å²) in [5.74, 6) is 0.716. The first-order valence-electron chi connectivity index (χ1n) is 5.33. The molecule has 0 aliphatic carbocycles. The van der Waals surface area contributed by atoms with E-state index in [-0.39, 0.29) is 6.04 Å². The van der Waals surface area contributed by atoms with Gasteiger partial charge in [0.25, 0.3) is 0 Å². The van der Waals surface area contributed by atoms with Crippen LogP contribution in [0.2, 0.25) is 5.02 Å². The van der Waals surface area contributed by atoms with Gasteiger partial charge in [0.1, 0.15) is 12.4 Å². The lowest BCUT2D eigenvalue weighted by Crippen LogP contribution is -2.19. The van der Waals surface area contributed by atoms with Gasteiger partial charge in [0.05, 0.1) is 5.02 Å². The molecule has 3 nitrogen and oxygen atoms in total. The summed E-state index contributed by atoms with van der Waals surface area (Å²) in [5, 5.41) is 0.619. The summed E-state index contributed by atoms with van der Waals surface area (Å²) in [5.41, 5.74) is 6.78. The van der Waals surface area contributed by atoms with E-state index in [0.29, 0.717) is 17.4 Å². The molecule has 0 unspecified atom stereocenters. The Labute approximate surface area is 102 Å². The van der Waals surface area contributed by atoms with Crippen molar-refractivity contribution >= 4 is 11.6 Å². The van der Waals surface area contributed by atoms with E-state index >= 15 is 0 Å². The first kappa shape index (κ1) is 13.3. The molecule has 90 valence electrons. The van der Waals surface area contributed by atoms with Gasteiger partial charge in [0.15, 0.2) is 0 Å². The molecule has 1 rings (SSSR count). The third-order valence-corrected chi connectivity index (χ3v) is 2.57. The van der Waals surface area contributed by atoms with Crippen LogP contribution in [0.4, 0.5) is 0 Å². The monoisotopic (exact) mass is 242 g/mol. The molecule has 1 aromatic carbocycles. The molecule has 0 fully saturated rings.